The van der Waals surface area contributed by atoms with Crippen LogP contribution in [-0.2, 0) is 9.59 Å². The molecule has 0 spiro atoms. The number of rotatable bonds is 4. The minimum Gasteiger partial charge on any atom is -0.369 e. The van der Waals surface area contributed by atoms with Crippen molar-refractivity contribution in [2.24, 2.45) is 11.7 Å². The number of Topliss-reactive ketones (excluding diaryl/α,β-unsaturated/α-hetero) is 1. The van der Waals surface area contributed by atoms with E-state index in [0.717, 1.165) is 25.9 Å². The van der Waals surface area contributed by atoms with Gasteiger partial charge in [0.15, 0.2) is 0 Å². The minimum absolute atomic E-state index is 0.0166. The molecule has 0 saturated carbocycles. The van der Waals surface area contributed by atoms with Crippen molar-refractivity contribution in [2.45, 2.75) is 26.2 Å². The van der Waals surface area contributed by atoms with E-state index in [1.807, 2.05) is 6.92 Å². The Labute approximate surface area is 84.4 Å². The number of hydrogen-bond acceptors (Lipinski definition) is 3. The molecule has 0 aromatic rings. The average Bonchev–Trinajstić information content (AvgIpc) is 2.18. The maximum Gasteiger partial charge on any atom is 0.220 e. The predicted octanol–water partition coefficient (Wildman–Crippen LogP) is 0.163. The first kappa shape index (κ1) is 11.2. The number of carbonyl (C=O) groups excluding carboxylic acids is 2. The normalized spacial score (nSPS) is 19.5. The van der Waals surface area contributed by atoms with Gasteiger partial charge in [0.05, 0.1) is 6.54 Å². The number of primary amides is 1. The number of amides is 1. The van der Waals surface area contributed by atoms with E-state index in [1.54, 1.807) is 0 Å². The van der Waals surface area contributed by atoms with Crippen molar-refractivity contribution in [3.05, 3.63) is 0 Å². The monoisotopic (exact) mass is 198 g/mol. The number of nitrogens with two attached hydrogens (primary N) is 1. The van der Waals surface area contributed by atoms with Gasteiger partial charge in [-0.3, -0.25) is 14.5 Å². The van der Waals surface area contributed by atoms with E-state index in [2.05, 4.69) is 4.90 Å². The summed E-state index contributed by atoms with van der Waals surface area (Å²) in [7, 11) is 0. The van der Waals surface area contributed by atoms with E-state index in [4.69, 9.17) is 5.73 Å². The van der Waals surface area contributed by atoms with Crippen LogP contribution in [0, 0.1) is 5.92 Å². The molecule has 1 rings (SSSR count). The molecular formula is C10H18N2O2. The Hall–Kier alpha value is -0.900. The molecule has 1 aliphatic heterocycles. The smallest absolute Gasteiger partial charge is 0.220 e. The Balaban J connectivity index is 2.29. The van der Waals surface area contributed by atoms with Crippen molar-refractivity contribution >= 4 is 11.7 Å². The third-order valence-electron chi connectivity index (χ3n) is 2.78. The number of likely N-dealkylation sites (tertiary alicyclic amines) is 1. The number of carbonyl (C=O) groups is 2. The molecule has 14 heavy (non-hydrogen) atoms. The fourth-order valence-electron chi connectivity index (χ4n) is 1.74. The Morgan fingerprint density at radius 2 is 1.93 bits per heavy atom. The zero-order valence-corrected chi connectivity index (χ0v) is 8.66. The lowest BCUT2D eigenvalue weighted by atomic mass is 9.96. The summed E-state index contributed by atoms with van der Waals surface area (Å²) in [6, 6.07) is 0. The van der Waals surface area contributed by atoms with Gasteiger partial charge in [-0.25, -0.2) is 0 Å². The highest BCUT2D eigenvalue weighted by Gasteiger charge is 2.23. The number of piperidine rings is 1. The lowest BCUT2D eigenvalue weighted by Gasteiger charge is -2.29. The maximum atomic E-state index is 11.2. The van der Waals surface area contributed by atoms with E-state index in [-0.39, 0.29) is 17.6 Å². The second kappa shape index (κ2) is 5.10. The molecular weight excluding hydrogens is 180 g/mol. The number of ketones is 1. The molecule has 0 unspecified atom stereocenters. The van der Waals surface area contributed by atoms with E-state index < -0.39 is 0 Å². The summed E-state index contributed by atoms with van der Waals surface area (Å²) in [5.41, 5.74) is 5.22. The van der Waals surface area contributed by atoms with Gasteiger partial charge < -0.3 is 5.73 Å². The van der Waals surface area contributed by atoms with Gasteiger partial charge in [0, 0.05) is 12.3 Å². The summed E-state index contributed by atoms with van der Waals surface area (Å²) < 4.78 is 0. The first-order valence-corrected chi connectivity index (χ1v) is 5.16. The van der Waals surface area contributed by atoms with Crippen LogP contribution in [0.2, 0.25) is 0 Å². The third-order valence-corrected chi connectivity index (χ3v) is 2.78. The Bertz CT molecular complexity index is 220. The van der Waals surface area contributed by atoms with Gasteiger partial charge in [-0.1, -0.05) is 6.92 Å². The van der Waals surface area contributed by atoms with Gasteiger partial charge in [0.1, 0.15) is 5.78 Å². The predicted molar refractivity (Wildman–Crippen MR) is 53.7 cm³/mol. The lowest BCUT2D eigenvalue weighted by Crippen LogP contribution is -2.40. The fraction of sp³-hybridized carbons (Fsp3) is 0.800. The summed E-state index contributed by atoms with van der Waals surface area (Å²) in [5, 5.41) is 0. The molecule has 0 aromatic carbocycles. The van der Waals surface area contributed by atoms with Gasteiger partial charge in [0.25, 0.3) is 0 Å². The van der Waals surface area contributed by atoms with Crippen molar-refractivity contribution in [1.29, 1.82) is 0 Å². The second-order valence-corrected chi connectivity index (χ2v) is 3.85. The van der Waals surface area contributed by atoms with Crippen LogP contribution >= 0.6 is 0 Å². The van der Waals surface area contributed by atoms with E-state index in [1.165, 1.54) is 0 Å². The van der Waals surface area contributed by atoms with Gasteiger partial charge in [-0.2, -0.15) is 0 Å². The van der Waals surface area contributed by atoms with Crippen molar-refractivity contribution in [3.8, 4) is 0 Å². The quantitative estimate of drug-likeness (QED) is 0.700. The van der Waals surface area contributed by atoms with Crippen molar-refractivity contribution in [1.82, 2.24) is 4.90 Å². The summed E-state index contributed by atoms with van der Waals surface area (Å²) in [6.45, 7) is 4.04. The van der Waals surface area contributed by atoms with Crippen LogP contribution in [0.15, 0.2) is 0 Å². The van der Waals surface area contributed by atoms with E-state index >= 15 is 0 Å². The zero-order chi connectivity index (χ0) is 10.6. The molecule has 0 radical (unpaired) electrons. The summed E-state index contributed by atoms with van der Waals surface area (Å²) >= 11 is 0. The van der Waals surface area contributed by atoms with E-state index in [9.17, 15) is 9.59 Å². The van der Waals surface area contributed by atoms with Gasteiger partial charge >= 0.3 is 0 Å². The van der Waals surface area contributed by atoms with Crippen molar-refractivity contribution in [2.75, 3.05) is 19.6 Å². The minimum atomic E-state index is -0.202. The molecule has 4 nitrogen and oxygen atoms in total. The average molecular weight is 198 g/mol. The highest BCUT2D eigenvalue weighted by atomic mass is 16.1. The van der Waals surface area contributed by atoms with Crippen LogP contribution in [0.1, 0.15) is 26.2 Å². The molecule has 1 fully saturated rings. The zero-order valence-electron chi connectivity index (χ0n) is 8.66. The van der Waals surface area contributed by atoms with Crippen molar-refractivity contribution in [3.63, 3.8) is 0 Å². The first-order valence-electron chi connectivity index (χ1n) is 5.16. The van der Waals surface area contributed by atoms with Gasteiger partial charge in [-0.15, -0.1) is 0 Å². The Morgan fingerprint density at radius 3 is 2.36 bits per heavy atom. The molecule has 1 amide bonds. The van der Waals surface area contributed by atoms with Crippen LogP contribution in [0.4, 0.5) is 0 Å². The highest BCUT2D eigenvalue weighted by molar-refractivity contribution is 5.80. The maximum absolute atomic E-state index is 11.2. The molecule has 0 aromatic heterocycles. The summed E-state index contributed by atoms with van der Waals surface area (Å²) in [4.78, 5) is 24.1. The van der Waals surface area contributed by atoms with Crippen molar-refractivity contribution < 1.29 is 9.59 Å². The molecule has 1 heterocycles. The van der Waals surface area contributed by atoms with Crippen LogP contribution < -0.4 is 5.73 Å². The molecule has 0 bridgehead atoms. The molecule has 2 N–H and O–H groups in total. The summed E-state index contributed by atoms with van der Waals surface area (Å²) in [6.07, 6.45) is 2.19. The molecule has 0 aliphatic carbocycles. The second-order valence-electron chi connectivity index (χ2n) is 3.85. The molecule has 1 aliphatic rings. The summed E-state index contributed by atoms with van der Waals surface area (Å²) in [5.74, 6) is 0.0805. The van der Waals surface area contributed by atoms with E-state index in [0.29, 0.717) is 13.0 Å². The highest BCUT2D eigenvalue weighted by Crippen LogP contribution is 2.16. The number of hydrogen-bond donors (Lipinski definition) is 1. The van der Waals surface area contributed by atoms with Gasteiger partial charge in [0.2, 0.25) is 5.91 Å². The van der Waals surface area contributed by atoms with Crippen LogP contribution in [-0.4, -0.2) is 36.2 Å². The first-order chi connectivity index (χ1) is 6.63. The standard InChI is InChI=1S/C10H18N2O2/c1-2-9(13)7-12-5-3-8(4-6-12)10(11)14/h8H,2-7H2,1H3,(H2,11,14). The molecule has 1 saturated heterocycles. The number of nitrogens with zero attached hydrogens (tertiary/aromatic N) is 1. The van der Waals surface area contributed by atoms with Gasteiger partial charge in [-0.05, 0) is 25.9 Å². The lowest BCUT2D eigenvalue weighted by molar-refractivity contribution is -0.123. The fourth-order valence-corrected chi connectivity index (χ4v) is 1.74. The third kappa shape index (κ3) is 3.10. The molecule has 0 atom stereocenters. The van der Waals surface area contributed by atoms with Crippen LogP contribution in [0.3, 0.4) is 0 Å². The molecule has 4 heteroatoms. The Kier molecular flexibility index (Phi) is 4.07. The van der Waals surface area contributed by atoms with Crippen LogP contribution in [0.25, 0.3) is 0 Å². The SMILES string of the molecule is CCC(=O)CN1CCC(C(N)=O)CC1. The van der Waals surface area contributed by atoms with Crippen LogP contribution in [0.5, 0.6) is 0 Å². The largest absolute Gasteiger partial charge is 0.369 e. The molecule has 80 valence electrons. The topological polar surface area (TPSA) is 63.4 Å². The Morgan fingerprint density at radius 1 is 1.36 bits per heavy atom.